The number of hydrogen-bond acceptors (Lipinski definition) is 4. The molecule has 0 bridgehead atoms. The van der Waals surface area contributed by atoms with Crippen molar-refractivity contribution < 1.29 is 9.53 Å². The lowest BCUT2D eigenvalue weighted by Gasteiger charge is -2.26. The number of rotatable bonds is 3. The Kier molecular flexibility index (Phi) is 4.51. The van der Waals surface area contributed by atoms with E-state index >= 15 is 0 Å². The molecule has 3 aliphatic rings. The number of amides is 1. The topological polar surface area (TPSA) is 53.9 Å². The summed E-state index contributed by atoms with van der Waals surface area (Å²) < 4.78 is 5.25. The lowest BCUT2D eigenvalue weighted by molar-refractivity contribution is -0.135. The highest BCUT2D eigenvalue weighted by atomic mass is 32.2. The predicted octanol–water partition coefficient (Wildman–Crippen LogP) is 1.24. The summed E-state index contributed by atoms with van der Waals surface area (Å²) in [7, 11) is 0. The van der Waals surface area contributed by atoms with Crippen LogP contribution in [0.2, 0.25) is 0 Å². The number of carbonyl (C=O) groups excluding carboxylic acids is 1. The molecule has 1 aliphatic carbocycles. The highest BCUT2D eigenvalue weighted by Gasteiger charge is 2.39. The molecule has 1 N–H and O–H groups in total. The molecule has 1 saturated carbocycles. The Morgan fingerprint density at radius 1 is 1.35 bits per heavy atom. The van der Waals surface area contributed by atoms with Crippen LogP contribution in [-0.4, -0.2) is 60.1 Å². The minimum Gasteiger partial charge on any atom is -0.378 e. The van der Waals surface area contributed by atoms with Crippen LogP contribution in [0.5, 0.6) is 0 Å². The maximum atomic E-state index is 12.0. The number of carbonyl (C=O) groups is 1. The molecule has 2 saturated heterocycles. The molecule has 0 radical (unpaired) electrons. The van der Waals surface area contributed by atoms with E-state index in [0.717, 1.165) is 24.0 Å². The molecule has 1 spiro atoms. The fourth-order valence-corrected chi connectivity index (χ4v) is 4.38. The molecular weight excluding hydrogens is 274 g/mol. The maximum absolute atomic E-state index is 12.0. The predicted molar refractivity (Wildman–Crippen MR) is 81.1 cm³/mol. The van der Waals surface area contributed by atoms with Crippen LogP contribution in [0.3, 0.4) is 0 Å². The molecule has 3 fully saturated rings. The Bertz CT molecular complexity index is 388. The van der Waals surface area contributed by atoms with Gasteiger partial charge in [0, 0.05) is 30.8 Å². The van der Waals surface area contributed by atoms with E-state index < -0.39 is 0 Å². The van der Waals surface area contributed by atoms with Crippen molar-refractivity contribution in [3.05, 3.63) is 0 Å². The van der Waals surface area contributed by atoms with Crippen molar-refractivity contribution in [3.8, 4) is 0 Å². The van der Waals surface area contributed by atoms with E-state index in [4.69, 9.17) is 4.74 Å². The number of morpholine rings is 1. The smallest absolute Gasteiger partial charge is 0.224 e. The van der Waals surface area contributed by atoms with Gasteiger partial charge in [-0.2, -0.15) is 0 Å². The third-order valence-corrected chi connectivity index (χ3v) is 5.56. The van der Waals surface area contributed by atoms with Gasteiger partial charge in [0.25, 0.3) is 0 Å². The Morgan fingerprint density at radius 2 is 2.10 bits per heavy atom. The summed E-state index contributed by atoms with van der Waals surface area (Å²) in [5.41, 5.74) is 0.317. The number of nitrogens with one attached hydrogen (secondary N) is 1. The van der Waals surface area contributed by atoms with Gasteiger partial charge in [-0.1, -0.05) is 24.6 Å². The summed E-state index contributed by atoms with van der Waals surface area (Å²) in [6.45, 7) is 3.39. The normalized spacial score (nSPS) is 27.2. The lowest BCUT2D eigenvalue weighted by Crippen LogP contribution is -2.41. The van der Waals surface area contributed by atoms with Crippen molar-refractivity contribution in [2.45, 2.75) is 37.6 Å². The fourth-order valence-electron chi connectivity index (χ4n) is 3.14. The summed E-state index contributed by atoms with van der Waals surface area (Å²) >= 11 is 1.82. The molecule has 20 heavy (non-hydrogen) atoms. The van der Waals surface area contributed by atoms with Crippen LogP contribution in [0, 0.1) is 0 Å². The molecule has 5 nitrogen and oxygen atoms in total. The summed E-state index contributed by atoms with van der Waals surface area (Å²) in [5, 5.41) is 4.63. The van der Waals surface area contributed by atoms with Crippen LogP contribution in [-0.2, 0) is 9.53 Å². The monoisotopic (exact) mass is 297 g/mol. The zero-order valence-corrected chi connectivity index (χ0v) is 12.7. The van der Waals surface area contributed by atoms with E-state index in [2.05, 4.69) is 10.3 Å². The van der Waals surface area contributed by atoms with Crippen molar-refractivity contribution in [3.63, 3.8) is 0 Å². The van der Waals surface area contributed by atoms with Crippen LogP contribution in [0.15, 0.2) is 4.99 Å². The second-order valence-electron chi connectivity index (χ2n) is 5.83. The average Bonchev–Trinajstić information content (AvgIpc) is 3.10. The van der Waals surface area contributed by atoms with E-state index in [1.165, 1.54) is 25.7 Å². The van der Waals surface area contributed by atoms with Gasteiger partial charge >= 0.3 is 0 Å². The van der Waals surface area contributed by atoms with Crippen molar-refractivity contribution in [1.29, 1.82) is 0 Å². The standard InChI is InChI=1S/C14H23N3O2S/c18-12(17-7-9-19-10-8-17)3-6-15-13-16-14(11-20-13)4-1-2-5-14/h1-11H2,(H,15,16). The second-order valence-corrected chi connectivity index (χ2v) is 6.80. The van der Waals surface area contributed by atoms with Gasteiger partial charge in [-0.05, 0) is 12.8 Å². The van der Waals surface area contributed by atoms with Crippen molar-refractivity contribution in [2.24, 2.45) is 4.99 Å². The number of nitrogens with zero attached hydrogens (tertiary/aromatic N) is 2. The largest absolute Gasteiger partial charge is 0.378 e. The second kappa shape index (κ2) is 6.35. The molecule has 0 aromatic rings. The van der Waals surface area contributed by atoms with Crippen molar-refractivity contribution in [2.75, 3.05) is 38.6 Å². The first-order valence-corrected chi connectivity index (χ1v) is 8.57. The maximum Gasteiger partial charge on any atom is 0.224 e. The van der Waals surface area contributed by atoms with Crippen molar-refractivity contribution in [1.82, 2.24) is 10.2 Å². The minimum atomic E-state index is 0.205. The van der Waals surface area contributed by atoms with Crippen LogP contribution in [0.1, 0.15) is 32.1 Å². The lowest BCUT2D eigenvalue weighted by atomic mass is 10.0. The van der Waals surface area contributed by atoms with E-state index in [1.807, 2.05) is 16.7 Å². The van der Waals surface area contributed by atoms with Crippen LogP contribution in [0.25, 0.3) is 0 Å². The SMILES string of the molecule is O=C(CCN=C1NC2(CCCC2)CS1)N1CCOCC1. The highest BCUT2D eigenvalue weighted by Crippen LogP contribution is 2.37. The van der Waals surface area contributed by atoms with Gasteiger partial charge in [-0.3, -0.25) is 9.79 Å². The minimum absolute atomic E-state index is 0.205. The Labute approximate surface area is 124 Å². The molecule has 0 aromatic carbocycles. The van der Waals surface area contributed by atoms with E-state index in [0.29, 0.717) is 31.7 Å². The van der Waals surface area contributed by atoms with Crippen LogP contribution >= 0.6 is 11.8 Å². The van der Waals surface area contributed by atoms with Gasteiger partial charge in [-0.25, -0.2) is 0 Å². The van der Waals surface area contributed by atoms with E-state index in [-0.39, 0.29) is 5.91 Å². The Hall–Kier alpha value is -0.750. The quantitative estimate of drug-likeness (QED) is 0.851. The Morgan fingerprint density at radius 3 is 2.85 bits per heavy atom. The molecule has 112 valence electrons. The third kappa shape index (κ3) is 3.28. The fraction of sp³-hybridized carbons (Fsp3) is 0.857. The van der Waals surface area contributed by atoms with E-state index in [1.54, 1.807) is 0 Å². The number of thioether (sulfide) groups is 1. The average molecular weight is 297 g/mol. The molecule has 0 aromatic heterocycles. The zero-order chi connectivity index (χ0) is 13.8. The van der Waals surface area contributed by atoms with Gasteiger partial charge in [0.1, 0.15) is 0 Å². The summed E-state index contributed by atoms with van der Waals surface area (Å²) in [4.78, 5) is 18.4. The summed E-state index contributed by atoms with van der Waals surface area (Å²) in [6.07, 6.45) is 5.71. The molecule has 1 amide bonds. The van der Waals surface area contributed by atoms with Gasteiger partial charge in [0.05, 0.1) is 19.8 Å². The molecular formula is C14H23N3O2S. The molecule has 2 heterocycles. The van der Waals surface area contributed by atoms with Gasteiger partial charge < -0.3 is 15.0 Å². The number of amidine groups is 1. The highest BCUT2D eigenvalue weighted by molar-refractivity contribution is 8.14. The molecule has 6 heteroatoms. The van der Waals surface area contributed by atoms with Gasteiger partial charge in [0.2, 0.25) is 5.91 Å². The first-order chi connectivity index (χ1) is 9.77. The Balaban J connectivity index is 1.43. The first kappa shape index (κ1) is 14.2. The van der Waals surface area contributed by atoms with E-state index in [9.17, 15) is 4.79 Å². The molecule has 0 unspecified atom stereocenters. The molecule has 3 rings (SSSR count). The summed E-state index contributed by atoms with van der Waals surface area (Å²) in [5.74, 6) is 1.35. The van der Waals surface area contributed by atoms with Gasteiger partial charge in [-0.15, -0.1) is 0 Å². The number of aliphatic imine (C=N–C) groups is 1. The van der Waals surface area contributed by atoms with Crippen molar-refractivity contribution >= 4 is 22.8 Å². The van der Waals surface area contributed by atoms with Crippen LogP contribution in [0.4, 0.5) is 0 Å². The first-order valence-electron chi connectivity index (χ1n) is 7.58. The third-order valence-electron chi connectivity index (χ3n) is 4.36. The summed E-state index contributed by atoms with van der Waals surface area (Å²) in [6, 6.07) is 0. The molecule has 0 atom stereocenters. The molecule has 2 aliphatic heterocycles. The zero-order valence-electron chi connectivity index (χ0n) is 11.9. The number of hydrogen-bond donors (Lipinski definition) is 1. The van der Waals surface area contributed by atoms with Gasteiger partial charge in [0.15, 0.2) is 5.17 Å². The van der Waals surface area contributed by atoms with Crippen LogP contribution < -0.4 is 5.32 Å². The number of ether oxygens (including phenoxy) is 1.